The van der Waals surface area contributed by atoms with Gasteiger partial charge in [0.1, 0.15) is 5.75 Å². The molecule has 0 radical (unpaired) electrons. The van der Waals surface area contributed by atoms with Crippen LogP contribution in [0.25, 0.3) is 0 Å². The summed E-state index contributed by atoms with van der Waals surface area (Å²) in [4.78, 5) is 35.5. The minimum Gasteiger partial charge on any atom is -0.494 e. The van der Waals surface area contributed by atoms with Gasteiger partial charge in [0, 0.05) is 19.5 Å². The predicted octanol–water partition coefficient (Wildman–Crippen LogP) is 1.66. The number of carbonyl (C=O) groups excluding carboxylic acids is 3. The van der Waals surface area contributed by atoms with Crippen LogP contribution < -0.4 is 10.1 Å². The van der Waals surface area contributed by atoms with Crippen LogP contribution in [0.3, 0.4) is 0 Å². The van der Waals surface area contributed by atoms with E-state index in [2.05, 4.69) is 5.32 Å². The van der Waals surface area contributed by atoms with Crippen LogP contribution in [0.15, 0.2) is 30.3 Å². The van der Waals surface area contributed by atoms with Gasteiger partial charge >= 0.3 is 0 Å². The van der Waals surface area contributed by atoms with E-state index in [1.807, 2.05) is 30.3 Å². The molecule has 0 saturated carbocycles. The predicted molar refractivity (Wildman–Crippen MR) is 83.7 cm³/mol. The first-order chi connectivity index (χ1) is 10.7. The second kappa shape index (κ2) is 8.43. The fraction of sp³-hybridized carbons (Fsp3) is 0.400. The summed E-state index contributed by atoms with van der Waals surface area (Å²) in [5.41, 5.74) is 0. The van der Waals surface area contributed by atoms with E-state index in [4.69, 9.17) is 4.74 Å². The average Bonchev–Trinajstić information content (AvgIpc) is 2.84. The van der Waals surface area contributed by atoms with E-state index in [0.29, 0.717) is 19.4 Å². The molecule has 1 aliphatic rings. The molecule has 1 heterocycles. The molecule has 1 aliphatic heterocycles. The van der Waals surface area contributed by atoms with Gasteiger partial charge in [0.2, 0.25) is 11.8 Å². The van der Waals surface area contributed by atoms with E-state index in [-0.39, 0.29) is 35.9 Å². The van der Waals surface area contributed by atoms with Crippen molar-refractivity contribution in [3.8, 4) is 5.75 Å². The lowest BCUT2D eigenvalue weighted by Crippen LogP contribution is -2.37. The summed E-state index contributed by atoms with van der Waals surface area (Å²) in [6.07, 6.45) is 0.960. The molecule has 1 N–H and O–H groups in total. The Morgan fingerprint density at radius 2 is 2.05 bits per heavy atom. The molecule has 6 nitrogen and oxygen atoms in total. The van der Waals surface area contributed by atoms with Crippen molar-refractivity contribution in [2.24, 2.45) is 0 Å². The number of hydrogen-bond donors (Lipinski definition) is 1. The van der Waals surface area contributed by atoms with Crippen LogP contribution in [-0.4, -0.2) is 47.4 Å². The summed E-state index contributed by atoms with van der Waals surface area (Å²) in [6.45, 7) is 0.991. The summed E-state index contributed by atoms with van der Waals surface area (Å²) in [6, 6.07) is 9.42. The highest BCUT2D eigenvalue weighted by Gasteiger charge is 2.29. The maximum atomic E-state index is 11.6. The van der Waals surface area contributed by atoms with E-state index in [1.165, 1.54) is 4.90 Å². The molecule has 0 bridgehead atoms. The number of hydrogen-bond acceptors (Lipinski definition) is 5. The third-order valence-electron chi connectivity index (χ3n) is 3.06. The number of thioether (sulfide) groups is 1. The van der Waals surface area contributed by atoms with Crippen molar-refractivity contribution in [1.29, 1.82) is 0 Å². The average molecular weight is 322 g/mol. The topological polar surface area (TPSA) is 75.7 Å². The van der Waals surface area contributed by atoms with E-state index in [0.717, 1.165) is 17.5 Å². The molecule has 1 aromatic rings. The van der Waals surface area contributed by atoms with Gasteiger partial charge in [-0.2, -0.15) is 0 Å². The number of nitrogens with one attached hydrogen (secondary N) is 1. The number of carbonyl (C=O) groups is 3. The molecule has 7 heteroatoms. The minimum atomic E-state index is -0.240. The first kappa shape index (κ1) is 16.4. The van der Waals surface area contributed by atoms with Crippen molar-refractivity contribution in [1.82, 2.24) is 10.2 Å². The number of imide groups is 1. The van der Waals surface area contributed by atoms with Crippen LogP contribution in [0.2, 0.25) is 0 Å². The largest absolute Gasteiger partial charge is 0.494 e. The maximum absolute atomic E-state index is 11.6. The van der Waals surface area contributed by atoms with Crippen molar-refractivity contribution >= 4 is 28.8 Å². The van der Waals surface area contributed by atoms with Crippen LogP contribution in [0.4, 0.5) is 4.79 Å². The number of benzene rings is 1. The fourth-order valence-corrected chi connectivity index (χ4v) is 2.68. The lowest BCUT2D eigenvalue weighted by molar-refractivity contribution is -0.125. The molecule has 1 saturated heterocycles. The Morgan fingerprint density at radius 1 is 1.27 bits per heavy atom. The monoisotopic (exact) mass is 322 g/mol. The molecule has 0 spiro atoms. The zero-order valence-electron chi connectivity index (χ0n) is 12.1. The van der Waals surface area contributed by atoms with Gasteiger partial charge in [0.25, 0.3) is 5.24 Å². The van der Waals surface area contributed by atoms with Gasteiger partial charge < -0.3 is 10.1 Å². The third-order valence-corrected chi connectivity index (χ3v) is 3.92. The molecule has 118 valence electrons. The zero-order chi connectivity index (χ0) is 15.8. The molecule has 22 heavy (non-hydrogen) atoms. The number of rotatable bonds is 8. The molecule has 0 aliphatic carbocycles. The van der Waals surface area contributed by atoms with Crippen LogP contribution in [-0.2, 0) is 9.59 Å². The highest BCUT2D eigenvalue weighted by atomic mass is 32.2. The Labute approximate surface area is 133 Å². The summed E-state index contributed by atoms with van der Waals surface area (Å²) >= 11 is 0.995. The van der Waals surface area contributed by atoms with Crippen molar-refractivity contribution in [2.75, 3.05) is 25.4 Å². The summed E-state index contributed by atoms with van der Waals surface area (Å²) in [7, 11) is 0. The third kappa shape index (κ3) is 5.07. The van der Waals surface area contributed by atoms with E-state index in [1.54, 1.807) is 0 Å². The Kier molecular flexibility index (Phi) is 6.27. The first-order valence-corrected chi connectivity index (χ1v) is 8.07. The Balaban J connectivity index is 1.54. The molecule has 1 fully saturated rings. The molecule has 2 rings (SSSR count). The smallest absolute Gasteiger partial charge is 0.288 e. The van der Waals surface area contributed by atoms with Gasteiger partial charge in [-0.05, 0) is 18.6 Å². The SMILES string of the molecule is O=C(CCCOc1ccccc1)NCCN1C(=O)CSC1=O. The second-order valence-corrected chi connectivity index (χ2v) is 5.64. The number of amides is 3. The fourth-order valence-electron chi connectivity index (χ4n) is 1.93. The number of nitrogens with zero attached hydrogens (tertiary/aromatic N) is 1. The van der Waals surface area contributed by atoms with E-state index >= 15 is 0 Å². The summed E-state index contributed by atoms with van der Waals surface area (Å²) in [5, 5.41) is 2.46. The molecule has 0 atom stereocenters. The van der Waals surface area contributed by atoms with Gasteiger partial charge in [-0.1, -0.05) is 30.0 Å². The van der Waals surface area contributed by atoms with Crippen LogP contribution in [0, 0.1) is 0 Å². The minimum absolute atomic E-state index is 0.108. The van der Waals surface area contributed by atoms with E-state index < -0.39 is 0 Å². The lowest BCUT2D eigenvalue weighted by atomic mass is 10.3. The summed E-state index contributed by atoms with van der Waals surface area (Å²) in [5.74, 6) is 0.680. The van der Waals surface area contributed by atoms with Crippen molar-refractivity contribution < 1.29 is 19.1 Å². The van der Waals surface area contributed by atoms with Gasteiger partial charge in [-0.15, -0.1) is 0 Å². The van der Waals surface area contributed by atoms with Gasteiger partial charge in [0.15, 0.2) is 0 Å². The highest BCUT2D eigenvalue weighted by molar-refractivity contribution is 8.14. The quantitative estimate of drug-likeness (QED) is 0.737. The summed E-state index contributed by atoms with van der Waals surface area (Å²) < 4.78 is 5.49. The number of para-hydroxylation sites is 1. The van der Waals surface area contributed by atoms with Gasteiger partial charge in [-0.25, -0.2) is 0 Å². The molecular weight excluding hydrogens is 304 g/mol. The number of ether oxygens (including phenoxy) is 1. The second-order valence-electron chi connectivity index (χ2n) is 4.71. The molecule has 0 unspecified atom stereocenters. The lowest BCUT2D eigenvalue weighted by Gasteiger charge is -2.13. The van der Waals surface area contributed by atoms with Crippen molar-refractivity contribution in [3.05, 3.63) is 30.3 Å². The zero-order valence-corrected chi connectivity index (χ0v) is 12.9. The Bertz CT molecular complexity index is 520. The maximum Gasteiger partial charge on any atom is 0.288 e. The Morgan fingerprint density at radius 3 is 2.73 bits per heavy atom. The van der Waals surface area contributed by atoms with Crippen LogP contribution >= 0.6 is 11.8 Å². The van der Waals surface area contributed by atoms with Crippen molar-refractivity contribution in [2.45, 2.75) is 12.8 Å². The van der Waals surface area contributed by atoms with Crippen molar-refractivity contribution in [3.63, 3.8) is 0 Å². The Hall–Kier alpha value is -2.02. The highest BCUT2D eigenvalue weighted by Crippen LogP contribution is 2.17. The molecule has 0 aromatic heterocycles. The van der Waals surface area contributed by atoms with Crippen LogP contribution in [0.1, 0.15) is 12.8 Å². The molecule has 1 aromatic carbocycles. The molecular formula is C15H18N2O4S. The first-order valence-electron chi connectivity index (χ1n) is 7.08. The van der Waals surface area contributed by atoms with E-state index in [9.17, 15) is 14.4 Å². The normalized spacial score (nSPS) is 14.3. The van der Waals surface area contributed by atoms with Gasteiger partial charge in [0.05, 0.1) is 12.4 Å². The van der Waals surface area contributed by atoms with Crippen LogP contribution in [0.5, 0.6) is 5.75 Å². The standard InChI is InChI=1S/C15H18N2O4S/c18-13(7-4-10-21-12-5-2-1-3-6-12)16-8-9-17-14(19)11-22-15(17)20/h1-3,5-6H,4,7-11H2,(H,16,18). The molecule has 3 amide bonds. The van der Waals surface area contributed by atoms with Gasteiger partial charge in [-0.3, -0.25) is 19.3 Å².